The average Bonchev–Trinajstić information content (AvgIpc) is 2.80. The summed E-state index contributed by atoms with van der Waals surface area (Å²) in [7, 11) is -0.652. The van der Waals surface area contributed by atoms with Crippen molar-refractivity contribution in [1.29, 1.82) is 0 Å². The molecule has 0 heterocycles. The van der Waals surface area contributed by atoms with Gasteiger partial charge in [-0.1, -0.05) is 12.1 Å². The topological polar surface area (TPSA) is 93.7 Å². The number of aryl methyl sites for hydroxylation is 2. The van der Waals surface area contributed by atoms with Crippen LogP contribution in [-0.4, -0.2) is 28.5 Å². The zero-order valence-electron chi connectivity index (χ0n) is 18.9. The Morgan fingerprint density at radius 2 is 1.48 bits per heavy atom. The molecular formula is C25H26N2O5S. The molecule has 3 rings (SSSR count). The quantitative estimate of drug-likeness (QED) is 0.466. The van der Waals surface area contributed by atoms with Gasteiger partial charge in [0.25, 0.3) is 10.0 Å². The van der Waals surface area contributed by atoms with Crippen LogP contribution in [0, 0.1) is 13.8 Å². The maximum Gasteiger partial charge on any atom is 0.261 e. The minimum atomic E-state index is -3.75. The second kappa shape index (κ2) is 10.2. The lowest BCUT2D eigenvalue weighted by atomic mass is 10.1. The molecule has 0 fully saturated rings. The number of methoxy groups -OCH3 is 2. The van der Waals surface area contributed by atoms with Gasteiger partial charge in [-0.05, 0) is 85.1 Å². The maximum absolute atomic E-state index is 12.7. The molecule has 0 bridgehead atoms. The van der Waals surface area contributed by atoms with Gasteiger partial charge in [-0.3, -0.25) is 9.52 Å². The molecule has 0 atom stereocenters. The number of nitrogens with one attached hydrogen (secondary N) is 2. The molecule has 0 saturated heterocycles. The second-order valence-corrected chi connectivity index (χ2v) is 9.05. The number of sulfonamides is 1. The fraction of sp³-hybridized carbons (Fsp3) is 0.160. The molecule has 2 N–H and O–H groups in total. The summed E-state index contributed by atoms with van der Waals surface area (Å²) < 4.78 is 38.3. The molecule has 172 valence electrons. The summed E-state index contributed by atoms with van der Waals surface area (Å²) in [6.07, 6.45) is 3.02. The summed E-state index contributed by atoms with van der Waals surface area (Å²) in [5.41, 5.74) is 3.81. The number of carbonyl (C=O) groups excluding carboxylic acids is 1. The van der Waals surface area contributed by atoms with Crippen molar-refractivity contribution in [2.24, 2.45) is 0 Å². The van der Waals surface area contributed by atoms with Crippen LogP contribution >= 0.6 is 0 Å². The summed E-state index contributed by atoms with van der Waals surface area (Å²) in [6.45, 7) is 3.88. The van der Waals surface area contributed by atoms with E-state index in [2.05, 4.69) is 10.0 Å². The van der Waals surface area contributed by atoms with E-state index in [0.29, 0.717) is 22.9 Å². The first-order valence-corrected chi connectivity index (χ1v) is 11.6. The number of anilines is 2. The van der Waals surface area contributed by atoms with Crippen LogP contribution in [0.25, 0.3) is 6.08 Å². The first-order chi connectivity index (χ1) is 15.7. The molecule has 1 amide bonds. The highest BCUT2D eigenvalue weighted by Gasteiger charge is 2.14. The summed E-state index contributed by atoms with van der Waals surface area (Å²) >= 11 is 0. The monoisotopic (exact) mass is 466 g/mol. The van der Waals surface area contributed by atoms with Crippen LogP contribution in [0.5, 0.6) is 11.5 Å². The first kappa shape index (κ1) is 23.9. The molecule has 3 aromatic carbocycles. The number of benzene rings is 3. The van der Waals surface area contributed by atoms with Crippen LogP contribution in [0.15, 0.2) is 71.6 Å². The molecule has 0 radical (unpaired) electrons. The maximum atomic E-state index is 12.7. The summed E-state index contributed by atoms with van der Waals surface area (Å²) in [5, 5.41) is 2.71. The molecule has 0 aliphatic carbocycles. The van der Waals surface area contributed by atoms with Crippen LogP contribution in [0.1, 0.15) is 16.7 Å². The van der Waals surface area contributed by atoms with Gasteiger partial charge in [0.15, 0.2) is 11.5 Å². The van der Waals surface area contributed by atoms with Crippen molar-refractivity contribution in [2.45, 2.75) is 18.7 Å². The number of rotatable bonds is 8. The van der Waals surface area contributed by atoms with Crippen molar-refractivity contribution >= 4 is 33.4 Å². The van der Waals surface area contributed by atoms with Crippen LogP contribution in [-0.2, 0) is 14.8 Å². The van der Waals surface area contributed by atoms with E-state index in [1.54, 1.807) is 50.6 Å². The molecule has 0 unspecified atom stereocenters. The van der Waals surface area contributed by atoms with E-state index in [-0.39, 0.29) is 10.8 Å². The number of hydrogen-bond acceptors (Lipinski definition) is 5. The Hall–Kier alpha value is -3.78. The highest BCUT2D eigenvalue weighted by atomic mass is 32.2. The largest absolute Gasteiger partial charge is 0.493 e. The molecule has 7 nitrogen and oxygen atoms in total. The van der Waals surface area contributed by atoms with E-state index in [0.717, 1.165) is 16.7 Å². The van der Waals surface area contributed by atoms with Crippen molar-refractivity contribution in [3.05, 3.63) is 83.4 Å². The van der Waals surface area contributed by atoms with Gasteiger partial charge in [0.05, 0.1) is 19.1 Å². The Kier molecular flexibility index (Phi) is 7.40. The van der Waals surface area contributed by atoms with Gasteiger partial charge in [-0.15, -0.1) is 0 Å². The van der Waals surface area contributed by atoms with Crippen molar-refractivity contribution in [1.82, 2.24) is 0 Å². The molecular weight excluding hydrogens is 440 g/mol. The molecule has 33 heavy (non-hydrogen) atoms. The molecule has 0 aliphatic rings. The number of ether oxygens (including phenoxy) is 2. The Labute approximate surface area is 194 Å². The van der Waals surface area contributed by atoms with Gasteiger partial charge in [0.2, 0.25) is 5.91 Å². The van der Waals surface area contributed by atoms with E-state index in [1.165, 1.54) is 30.3 Å². The highest BCUT2D eigenvalue weighted by molar-refractivity contribution is 7.92. The molecule has 8 heteroatoms. The van der Waals surface area contributed by atoms with Crippen LogP contribution < -0.4 is 19.5 Å². The van der Waals surface area contributed by atoms with E-state index in [9.17, 15) is 13.2 Å². The number of carbonyl (C=O) groups is 1. The van der Waals surface area contributed by atoms with Crippen molar-refractivity contribution in [2.75, 3.05) is 24.3 Å². The average molecular weight is 467 g/mol. The third-order valence-electron chi connectivity index (χ3n) is 5.03. The lowest BCUT2D eigenvalue weighted by Gasteiger charge is -2.10. The molecule has 0 aromatic heterocycles. The molecule has 0 saturated carbocycles. The first-order valence-electron chi connectivity index (χ1n) is 10.1. The molecule has 3 aromatic rings. The van der Waals surface area contributed by atoms with Crippen molar-refractivity contribution in [3.8, 4) is 11.5 Å². The van der Waals surface area contributed by atoms with Gasteiger partial charge >= 0.3 is 0 Å². The third-order valence-corrected chi connectivity index (χ3v) is 6.42. The predicted octanol–water partition coefficient (Wildman–Crippen LogP) is 4.77. The highest BCUT2D eigenvalue weighted by Crippen LogP contribution is 2.28. The minimum Gasteiger partial charge on any atom is -0.493 e. The lowest BCUT2D eigenvalue weighted by molar-refractivity contribution is -0.111. The SMILES string of the molecule is COc1ccc(/C=C/C(=O)Nc2ccc(S(=O)(=O)Nc3ccc(C)c(C)c3)cc2)cc1OC. The Bertz CT molecular complexity index is 1280. The Balaban J connectivity index is 1.65. The van der Waals surface area contributed by atoms with Crippen molar-refractivity contribution in [3.63, 3.8) is 0 Å². The van der Waals surface area contributed by atoms with Crippen LogP contribution in [0.3, 0.4) is 0 Å². The van der Waals surface area contributed by atoms with E-state index in [1.807, 2.05) is 19.9 Å². The van der Waals surface area contributed by atoms with Gasteiger partial charge in [-0.2, -0.15) is 0 Å². The summed E-state index contributed by atoms with van der Waals surface area (Å²) in [6, 6.07) is 16.6. The fourth-order valence-electron chi connectivity index (χ4n) is 3.05. The van der Waals surface area contributed by atoms with Gasteiger partial charge in [0.1, 0.15) is 0 Å². The van der Waals surface area contributed by atoms with E-state index >= 15 is 0 Å². The number of hydrogen-bond donors (Lipinski definition) is 2. The van der Waals surface area contributed by atoms with E-state index in [4.69, 9.17) is 9.47 Å². The predicted molar refractivity (Wildman–Crippen MR) is 130 cm³/mol. The van der Waals surface area contributed by atoms with Gasteiger partial charge in [-0.25, -0.2) is 8.42 Å². The third kappa shape index (κ3) is 6.14. The number of amides is 1. The summed E-state index contributed by atoms with van der Waals surface area (Å²) in [5.74, 6) is 0.807. The second-order valence-electron chi connectivity index (χ2n) is 7.37. The normalized spacial score (nSPS) is 11.3. The van der Waals surface area contributed by atoms with Crippen LogP contribution in [0.2, 0.25) is 0 Å². The fourth-order valence-corrected chi connectivity index (χ4v) is 4.10. The minimum absolute atomic E-state index is 0.0968. The smallest absolute Gasteiger partial charge is 0.261 e. The van der Waals surface area contributed by atoms with Crippen molar-refractivity contribution < 1.29 is 22.7 Å². The zero-order chi connectivity index (χ0) is 24.0. The lowest BCUT2D eigenvalue weighted by Crippen LogP contribution is -2.13. The van der Waals surface area contributed by atoms with Crippen LogP contribution in [0.4, 0.5) is 11.4 Å². The summed E-state index contributed by atoms with van der Waals surface area (Å²) in [4.78, 5) is 12.4. The van der Waals surface area contributed by atoms with E-state index < -0.39 is 10.0 Å². The van der Waals surface area contributed by atoms with Gasteiger partial charge < -0.3 is 14.8 Å². The molecule has 0 spiro atoms. The standard InChI is InChI=1S/C25H26N2O5S/c1-17-5-8-21(15-18(17)2)27-33(29,30)22-11-9-20(10-12-22)26-25(28)14-7-19-6-13-23(31-3)24(16-19)32-4/h5-16,27H,1-4H3,(H,26,28)/b14-7+. The molecule has 0 aliphatic heterocycles. The Morgan fingerprint density at radius 3 is 2.12 bits per heavy atom. The zero-order valence-corrected chi connectivity index (χ0v) is 19.7. The van der Waals surface area contributed by atoms with Gasteiger partial charge in [0, 0.05) is 17.5 Å². The Morgan fingerprint density at radius 1 is 0.818 bits per heavy atom.